The van der Waals surface area contributed by atoms with Gasteiger partial charge in [-0.1, -0.05) is 11.6 Å². The third-order valence-electron chi connectivity index (χ3n) is 4.62. The summed E-state index contributed by atoms with van der Waals surface area (Å²) >= 11 is 6.19. The van der Waals surface area contributed by atoms with Gasteiger partial charge in [0.05, 0.1) is 17.0 Å². The highest BCUT2D eigenvalue weighted by molar-refractivity contribution is 7.92. The molecule has 9 heteroatoms. The van der Waals surface area contributed by atoms with Gasteiger partial charge in [-0.25, -0.2) is 8.42 Å². The fourth-order valence-corrected chi connectivity index (χ4v) is 4.40. The average molecular weight is 439 g/mol. The summed E-state index contributed by atoms with van der Waals surface area (Å²) < 4.78 is 38.2. The number of amides is 1. The first-order valence-electron chi connectivity index (χ1n) is 9.26. The van der Waals surface area contributed by atoms with Gasteiger partial charge in [0, 0.05) is 18.8 Å². The summed E-state index contributed by atoms with van der Waals surface area (Å²) in [6, 6.07) is 10.6. The molecule has 1 heterocycles. The largest absolute Gasteiger partial charge is 0.497 e. The van der Waals surface area contributed by atoms with E-state index in [1.54, 1.807) is 29.2 Å². The van der Waals surface area contributed by atoms with E-state index in [1.807, 2.05) is 0 Å². The summed E-state index contributed by atoms with van der Waals surface area (Å²) in [5.41, 5.74) is 0.398. The molecule has 0 aromatic heterocycles. The van der Waals surface area contributed by atoms with Crippen molar-refractivity contribution in [2.45, 2.75) is 24.2 Å². The van der Waals surface area contributed by atoms with Crippen LogP contribution in [0.25, 0.3) is 0 Å². The van der Waals surface area contributed by atoms with E-state index in [0.29, 0.717) is 11.4 Å². The van der Waals surface area contributed by atoms with E-state index in [-0.39, 0.29) is 28.2 Å². The summed E-state index contributed by atoms with van der Waals surface area (Å²) in [5.74, 6) is 0.788. The quantitative estimate of drug-likeness (QED) is 0.714. The summed E-state index contributed by atoms with van der Waals surface area (Å²) in [7, 11) is -2.29. The molecule has 7 nitrogen and oxygen atoms in total. The van der Waals surface area contributed by atoms with Crippen molar-refractivity contribution in [3.8, 4) is 11.5 Å². The molecule has 0 spiro atoms. The van der Waals surface area contributed by atoms with Gasteiger partial charge in [0.25, 0.3) is 15.9 Å². The number of ether oxygens (including phenoxy) is 2. The van der Waals surface area contributed by atoms with Crippen molar-refractivity contribution in [1.82, 2.24) is 4.90 Å². The van der Waals surface area contributed by atoms with Crippen LogP contribution in [0.2, 0.25) is 5.02 Å². The molecule has 1 saturated heterocycles. The first-order chi connectivity index (χ1) is 13.9. The number of piperidine rings is 1. The number of methoxy groups -OCH3 is 1. The Morgan fingerprint density at radius 3 is 2.41 bits per heavy atom. The third kappa shape index (κ3) is 5.55. The van der Waals surface area contributed by atoms with E-state index in [2.05, 4.69) is 4.72 Å². The SMILES string of the molecule is COc1ccc(NS(=O)(=O)c2ccc(OCC(=O)N3CCCCC3)c(Cl)c2)cc1. The molecule has 29 heavy (non-hydrogen) atoms. The van der Waals surface area contributed by atoms with Gasteiger partial charge in [0.1, 0.15) is 11.5 Å². The lowest BCUT2D eigenvalue weighted by molar-refractivity contribution is -0.134. The lowest BCUT2D eigenvalue weighted by atomic mass is 10.1. The minimum absolute atomic E-state index is 0.00646. The number of carbonyl (C=O) groups is 1. The Hall–Kier alpha value is -2.45. The summed E-state index contributed by atoms with van der Waals surface area (Å²) in [6.07, 6.45) is 3.14. The molecule has 0 saturated carbocycles. The summed E-state index contributed by atoms with van der Waals surface area (Å²) in [5, 5.41) is 0.119. The van der Waals surface area contributed by atoms with E-state index in [9.17, 15) is 13.2 Å². The van der Waals surface area contributed by atoms with Crippen molar-refractivity contribution in [3.63, 3.8) is 0 Å². The number of anilines is 1. The molecular weight excluding hydrogens is 416 g/mol. The molecule has 1 aliphatic heterocycles. The molecule has 2 aromatic rings. The fraction of sp³-hybridized carbons (Fsp3) is 0.350. The van der Waals surface area contributed by atoms with Crippen molar-refractivity contribution in [3.05, 3.63) is 47.5 Å². The van der Waals surface area contributed by atoms with Crippen LogP contribution in [0.1, 0.15) is 19.3 Å². The number of likely N-dealkylation sites (tertiary alicyclic amines) is 1. The molecule has 1 aliphatic rings. The molecule has 1 amide bonds. The maximum absolute atomic E-state index is 12.6. The van der Waals surface area contributed by atoms with E-state index >= 15 is 0 Å². The van der Waals surface area contributed by atoms with Gasteiger partial charge in [-0.2, -0.15) is 0 Å². The fourth-order valence-electron chi connectivity index (χ4n) is 3.01. The minimum Gasteiger partial charge on any atom is -0.497 e. The number of nitrogens with zero attached hydrogens (tertiary/aromatic N) is 1. The number of carbonyl (C=O) groups excluding carboxylic acids is 1. The van der Waals surface area contributed by atoms with Crippen LogP contribution < -0.4 is 14.2 Å². The van der Waals surface area contributed by atoms with Crippen LogP contribution in [0.15, 0.2) is 47.4 Å². The monoisotopic (exact) mass is 438 g/mol. The van der Waals surface area contributed by atoms with Crippen LogP contribution in [-0.4, -0.2) is 46.0 Å². The van der Waals surface area contributed by atoms with Crippen LogP contribution >= 0.6 is 11.6 Å². The van der Waals surface area contributed by atoms with Crippen LogP contribution in [0.4, 0.5) is 5.69 Å². The van der Waals surface area contributed by atoms with Crippen molar-refractivity contribution < 1.29 is 22.7 Å². The molecule has 1 fully saturated rings. The highest BCUT2D eigenvalue weighted by Crippen LogP contribution is 2.28. The smallest absolute Gasteiger partial charge is 0.261 e. The zero-order valence-electron chi connectivity index (χ0n) is 16.1. The standard InChI is InChI=1S/C20H23ClN2O5S/c1-27-16-7-5-15(6-8-16)22-29(25,26)17-9-10-19(18(21)13-17)28-14-20(24)23-11-3-2-4-12-23/h5-10,13,22H,2-4,11-12,14H2,1H3. The van der Waals surface area contributed by atoms with Gasteiger partial charge in [-0.3, -0.25) is 9.52 Å². The minimum atomic E-state index is -3.83. The van der Waals surface area contributed by atoms with E-state index < -0.39 is 10.0 Å². The Balaban J connectivity index is 1.65. The highest BCUT2D eigenvalue weighted by atomic mass is 35.5. The summed E-state index contributed by atoms with van der Waals surface area (Å²) in [4.78, 5) is 14.0. The zero-order valence-corrected chi connectivity index (χ0v) is 17.6. The predicted molar refractivity (Wildman–Crippen MR) is 111 cm³/mol. The molecule has 1 N–H and O–H groups in total. The van der Waals surface area contributed by atoms with Crippen LogP contribution in [0, 0.1) is 0 Å². The molecule has 0 radical (unpaired) electrons. The van der Waals surface area contributed by atoms with Gasteiger partial charge < -0.3 is 14.4 Å². The van der Waals surface area contributed by atoms with E-state index in [4.69, 9.17) is 21.1 Å². The number of hydrogen-bond donors (Lipinski definition) is 1. The second-order valence-corrected chi connectivity index (χ2v) is 8.75. The first kappa shape index (κ1) is 21.3. The molecule has 0 aliphatic carbocycles. The normalized spacial score (nSPS) is 14.3. The lowest BCUT2D eigenvalue weighted by Crippen LogP contribution is -2.38. The average Bonchev–Trinajstić information content (AvgIpc) is 2.73. The third-order valence-corrected chi connectivity index (χ3v) is 6.29. The Kier molecular flexibility index (Phi) is 6.87. The molecule has 3 rings (SSSR count). The predicted octanol–water partition coefficient (Wildman–Crippen LogP) is 3.54. The van der Waals surface area contributed by atoms with Crippen LogP contribution in [0.3, 0.4) is 0 Å². The van der Waals surface area contributed by atoms with Crippen molar-refractivity contribution in [2.75, 3.05) is 31.5 Å². The highest BCUT2D eigenvalue weighted by Gasteiger charge is 2.19. The Labute approximate surface area is 175 Å². The molecular formula is C20H23ClN2O5S. The number of benzene rings is 2. The van der Waals surface area contributed by atoms with Crippen molar-refractivity contribution >= 4 is 33.2 Å². The number of hydrogen-bond acceptors (Lipinski definition) is 5. The Morgan fingerprint density at radius 2 is 1.79 bits per heavy atom. The number of nitrogens with one attached hydrogen (secondary N) is 1. The van der Waals surface area contributed by atoms with Crippen molar-refractivity contribution in [2.24, 2.45) is 0 Å². The van der Waals surface area contributed by atoms with Gasteiger partial charge >= 0.3 is 0 Å². The molecule has 2 aromatic carbocycles. The van der Waals surface area contributed by atoms with Crippen molar-refractivity contribution in [1.29, 1.82) is 0 Å². The van der Waals surface area contributed by atoms with Gasteiger partial charge in [0.2, 0.25) is 0 Å². The molecule has 0 bridgehead atoms. The van der Waals surface area contributed by atoms with Gasteiger partial charge in [-0.15, -0.1) is 0 Å². The maximum atomic E-state index is 12.6. The number of rotatable bonds is 7. The van der Waals surface area contributed by atoms with E-state index in [1.165, 1.54) is 25.3 Å². The van der Waals surface area contributed by atoms with E-state index in [0.717, 1.165) is 32.4 Å². The zero-order chi connectivity index (χ0) is 20.9. The molecule has 0 unspecified atom stereocenters. The second kappa shape index (κ2) is 9.37. The Morgan fingerprint density at radius 1 is 1.10 bits per heavy atom. The number of halogens is 1. The van der Waals surface area contributed by atoms with Crippen LogP contribution in [0.5, 0.6) is 11.5 Å². The summed E-state index contributed by atoms with van der Waals surface area (Å²) in [6.45, 7) is 1.35. The first-order valence-corrected chi connectivity index (χ1v) is 11.1. The maximum Gasteiger partial charge on any atom is 0.261 e. The lowest BCUT2D eigenvalue weighted by Gasteiger charge is -2.26. The Bertz CT molecular complexity index is 957. The van der Waals surface area contributed by atoms with Gasteiger partial charge in [-0.05, 0) is 61.7 Å². The second-order valence-electron chi connectivity index (χ2n) is 6.66. The van der Waals surface area contributed by atoms with Crippen LogP contribution in [-0.2, 0) is 14.8 Å². The molecule has 156 valence electrons. The van der Waals surface area contributed by atoms with Gasteiger partial charge in [0.15, 0.2) is 6.61 Å². The molecule has 0 atom stereocenters. The number of sulfonamides is 1. The topological polar surface area (TPSA) is 84.9 Å².